The molecule has 0 heterocycles. The summed E-state index contributed by atoms with van der Waals surface area (Å²) in [5.41, 5.74) is 0. The van der Waals surface area contributed by atoms with Crippen LogP contribution in [-0.2, 0) is 4.74 Å². The van der Waals surface area contributed by atoms with E-state index in [1.165, 1.54) is 32.1 Å². The van der Waals surface area contributed by atoms with Gasteiger partial charge in [0.25, 0.3) is 0 Å². The molecule has 23 heavy (non-hydrogen) atoms. The predicted molar refractivity (Wildman–Crippen MR) is 86.9 cm³/mol. The van der Waals surface area contributed by atoms with Gasteiger partial charge in [-0.2, -0.15) is 0 Å². The highest BCUT2D eigenvalue weighted by atomic mass is 19.4. The minimum atomic E-state index is -4.48. The van der Waals surface area contributed by atoms with E-state index in [0.717, 1.165) is 31.1 Å². The van der Waals surface area contributed by atoms with Crippen LogP contribution in [0.1, 0.15) is 64.2 Å². The van der Waals surface area contributed by atoms with E-state index in [-0.39, 0.29) is 0 Å². The maximum atomic E-state index is 12.3. The molecule has 2 aliphatic carbocycles. The molecule has 0 atom stereocenters. The number of alkyl halides is 3. The average Bonchev–Trinajstić information content (AvgIpc) is 2.52. The first kappa shape index (κ1) is 18.6. The van der Waals surface area contributed by atoms with E-state index >= 15 is 0 Å². The van der Waals surface area contributed by atoms with Gasteiger partial charge in [0.15, 0.2) is 0 Å². The highest BCUT2D eigenvalue weighted by Crippen LogP contribution is 2.42. The molecule has 0 aromatic carbocycles. The van der Waals surface area contributed by atoms with Gasteiger partial charge in [0.2, 0.25) is 0 Å². The van der Waals surface area contributed by atoms with Gasteiger partial charge in [0, 0.05) is 0 Å². The van der Waals surface area contributed by atoms with Gasteiger partial charge in [-0.1, -0.05) is 37.6 Å². The molecule has 0 aliphatic heterocycles. The highest BCUT2D eigenvalue weighted by molar-refractivity contribution is 4.97. The summed E-state index contributed by atoms with van der Waals surface area (Å²) in [5, 5.41) is 0. The van der Waals surface area contributed by atoms with Gasteiger partial charge in [0.1, 0.15) is 0 Å². The lowest BCUT2D eigenvalue weighted by Gasteiger charge is -2.37. The van der Waals surface area contributed by atoms with Crippen molar-refractivity contribution in [3.8, 4) is 0 Å². The van der Waals surface area contributed by atoms with Crippen LogP contribution in [0.4, 0.5) is 13.2 Å². The first-order chi connectivity index (χ1) is 11.0. The Morgan fingerprint density at radius 1 is 0.913 bits per heavy atom. The molecular weight excluding hydrogens is 301 g/mol. The van der Waals surface area contributed by atoms with Crippen LogP contribution in [-0.4, -0.2) is 12.5 Å². The summed E-state index contributed by atoms with van der Waals surface area (Å²) in [6, 6.07) is 0. The molecule has 132 valence electrons. The summed E-state index contributed by atoms with van der Waals surface area (Å²) in [5.74, 6) is 2.16. The standard InChI is InChI=1S/C19H29F3O/c1-2-3-4-5-6-15-7-9-16(10-8-15)17-11-13-18(14-12-17)23-19(20,21)22/h2-4,15-18H,1,5-14H2. The minimum Gasteiger partial charge on any atom is -0.289 e. The molecule has 0 aromatic heterocycles. The number of allylic oxidation sites excluding steroid dienone is 3. The van der Waals surface area contributed by atoms with Crippen LogP contribution in [0.2, 0.25) is 0 Å². The summed E-state index contributed by atoms with van der Waals surface area (Å²) in [6.07, 6.45) is 11.3. The van der Waals surface area contributed by atoms with Crippen molar-refractivity contribution in [1.29, 1.82) is 0 Å². The van der Waals surface area contributed by atoms with E-state index in [2.05, 4.69) is 17.4 Å². The molecule has 2 saturated carbocycles. The second kappa shape index (κ2) is 8.91. The third-order valence-corrected chi connectivity index (χ3v) is 5.59. The molecule has 2 aliphatic rings. The van der Waals surface area contributed by atoms with Crippen LogP contribution < -0.4 is 0 Å². The summed E-state index contributed by atoms with van der Waals surface area (Å²) in [7, 11) is 0. The lowest BCUT2D eigenvalue weighted by molar-refractivity contribution is -0.346. The van der Waals surface area contributed by atoms with E-state index in [0.29, 0.717) is 18.8 Å². The van der Waals surface area contributed by atoms with E-state index in [9.17, 15) is 13.2 Å². The van der Waals surface area contributed by atoms with E-state index < -0.39 is 12.5 Å². The van der Waals surface area contributed by atoms with E-state index in [4.69, 9.17) is 0 Å². The summed E-state index contributed by atoms with van der Waals surface area (Å²) in [4.78, 5) is 0. The molecule has 2 rings (SSSR count). The van der Waals surface area contributed by atoms with Crippen LogP contribution in [0.5, 0.6) is 0 Å². The minimum absolute atomic E-state index is 0.566. The molecule has 0 saturated heterocycles. The van der Waals surface area contributed by atoms with Gasteiger partial charge in [-0.15, -0.1) is 13.2 Å². The van der Waals surface area contributed by atoms with E-state index in [1.807, 2.05) is 12.2 Å². The van der Waals surface area contributed by atoms with Crippen molar-refractivity contribution < 1.29 is 17.9 Å². The van der Waals surface area contributed by atoms with Crippen molar-refractivity contribution in [1.82, 2.24) is 0 Å². The summed E-state index contributed by atoms with van der Waals surface area (Å²) >= 11 is 0. The lowest BCUT2D eigenvalue weighted by atomic mass is 9.70. The Kier molecular flexibility index (Phi) is 7.19. The SMILES string of the molecule is C=CC=CCCC1CCC(C2CCC(OC(F)(F)F)CC2)CC1. The smallest absolute Gasteiger partial charge is 0.289 e. The van der Waals surface area contributed by atoms with Crippen molar-refractivity contribution in [2.45, 2.75) is 76.7 Å². The van der Waals surface area contributed by atoms with Crippen molar-refractivity contribution in [3.05, 3.63) is 24.8 Å². The molecule has 0 spiro atoms. The second-order valence-corrected chi connectivity index (χ2v) is 7.12. The fraction of sp³-hybridized carbons (Fsp3) is 0.789. The van der Waals surface area contributed by atoms with Crippen molar-refractivity contribution in [3.63, 3.8) is 0 Å². The zero-order valence-corrected chi connectivity index (χ0v) is 13.9. The molecule has 2 fully saturated rings. The first-order valence-corrected chi connectivity index (χ1v) is 9.00. The van der Waals surface area contributed by atoms with E-state index in [1.54, 1.807) is 0 Å². The third kappa shape index (κ3) is 6.70. The molecular formula is C19H29F3O. The topological polar surface area (TPSA) is 9.23 Å². The van der Waals surface area contributed by atoms with Crippen molar-refractivity contribution in [2.24, 2.45) is 17.8 Å². The van der Waals surface area contributed by atoms with Gasteiger partial charge in [-0.3, -0.25) is 4.74 Å². The number of hydrogen-bond acceptors (Lipinski definition) is 1. The Hall–Kier alpha value is -0.770. The van der Waals surface area contributed by atoms with Crippen LogP contribution >= 0.6 is 0 Å². The molecule has 0 aromatic rings. The van der Waals surface area contributed by atoms with Gasteiger partial charge in [-0.25, -0.2) is 0 Å². The first-order valence-electron chi connectivity index (χ1n) is 9.00. The molecule has 0 radical (unpaired) electrons. The quantitative estimate of drug-likeness (QED) is 0.511. The largest absolute Gasteiger partial charge is 0.522 e. The van der Waals surface area contributed by atoms with Crippen molar-refractivity contribution >= 4 is 0 Å². The zero-order chi connectivity index (χ0) is 16.7. The fourth-order valence-electron chi connectivity index (χ4n) is 4.34. The van der Waals surface area contributed by atoms with Crippen molar-refractivity contribution in [2.75, 3.05) is 0 Å². The Bertz CT molecular complexity index is 373. The molecule has 0 bridgehead atoms. The van der Waals surface area contributed by atoms with Gasteiger partial charge in [-0.05, 0) is 69.1 Å². The Balaban J connectivity index is 1.64. The van der Waals surface area contributed by atoms with Crippen LogP contribution in [0.15, 0.2) is 24.8 Å². The molecule has 4 heteroatoms. The summed E-state index contributed by atoms with van der Waals surface area (Å²) < 4.78 is 40.9. The zero-order valence-electron chi connectivity index (χ0n) is 13.9. The molecule has 1 nitrogen and oxygen atoms in total. The van der Waals surface area contributed by atoms with Gasteiger partial charge < -0.3 is 0 Å². The van der Waals surface area contributed by atoms with Crippen LogP contribution in [0.25, 0.3) is 0 Å². The predicted octanol–water partition coefficient (Wildman–Crippen LogP) is 6.41. The maximum Gasteiger partial charge on any atom is 0.522 e. The summed E-state index contributed by atoms with van der Waals surface area (Å²) in [6.45, 7) is 3.67. The number of rotatable bonds is 6. The van der Waals surface area contributed by atoms with Crippen LogP contribution in [0, 0.1) is 17.8 Å². The Morgan fingerprint density at radius 2 is 1.48 bits per heavy atom. The average molecular weight is 330 g/mol. The number of halogens is 3. The second-order valence-electron chi connectivity index (χ2n) is 7.12. The Labute approximate surface area is 138 Å². The highest BCUT2D eigenvalue weighted by Gasteiger charge is 2.37. The lowest BCUT2D eigenvalue weighted by Crippen LogP contribution is -2.31. The number of hydrogen-bond donors (Lipinski definition) is 0. The van der Waals surface area contributed by atoms with Gasteiger partial charge in [0.05, 0.1) is 6.10 Å². The monoisotopic (exact) mass is 330 g/mol. The molecule has 0 N–H and O–H groups in total. The Morgan fingerprint density at radius 3 is 2.00 bits per heavy atom. The maximum absolute atomic E-state index is 12.3. The third-order valence-electron chi connectivity index (χ3n) is 5.59. The molecule has 0 unspecified atom stereocenters. The van der Waals surface area contributed by atoms with Crippen LogP contribution in [0.3, 0.4) is 0 Å². The normalized spacial score (nSPS) is 33.0. The molecule has 0 amide bonds. The van der Waals surface area contributed by atoms with Gasteiger partial charge >= 0.3 is 6.36 Å². The fourth-order valence-corrected chi connectivity index (χ4v) is 4.34. The number of ether oxygens (including phenoxy) is 1.